The molecule has 0 spiro atoms. The molecule has 3 atom stereocenters. The second-order valence-corrected chi connectivity index (χ2v) is 5.96. The van der Waals surface area contributed by atoms with Crippen LogP contribution in [-0.2, 0) is 10.8 Å². The quantitative estimate of drug-likeness (QED) is 0.849. The van der Waals surface area contributed by atoms with E-state index in [1.807, 2.05) is 6.92 Å². The molecule has 3 unspecified atom stereocenters. The van der Waals surface area contributed by atoms with Crippen molar-refractivity contribution in [1.29, 1.82) is 0 Å². The van der Waals surface area contributed by atoms with Gasteiger partial charge in [0, 0.05) is 34.9 Å². The number of benzene rings is 1. The van der Waals surface area contributed by atoms with Crippen molar-refractivity contribution in [2.45, 2.75) is 32.4 Å². The first kappa shape index (κ1) is 14.3. The average Bonchev–Trinajstić information content (AvgIpc) is 2.27. The number of halogens is 1. The smallest absolute Gasteiger partial charge is 0.123 e. The van der Waals surface area contributed by atoms with E-state index in [0.29, 0.717) is 11.8 Å². The van der Waals surface area contributed by atoms with Crippen molar-refractivity contribution in [3.8, 4) is 0 Å². The number of nitrogens with one attached hydrogen (secondary N) is 1. The molecule has 1 aromatic carbocycles. The minimum Gasteiger partial charge on any atom is -0.308 e. The zero-order valence-electron chi connectivity index (χ0n) is 10.6. The van der Waals surface area contributed by atoms with E-state index in [2.05, 4.69) is 12.2 Å². The highest BCUT2D eigenvalue weighted by Crippen LogP contribution is 2.14. The summed E-state index contributed by atoms with van der Waals surface area (Å²) < 4.78 is 23.8. The summed E-state index contributed by atoms with van der Waals surface area (Å²) in [6, 6.07) is 7.00. The van der Waals surface area contributed by atoms with Gasteiger partial charge in [0.2, 0.25) is 0 Å². The van der Waals surface area contributed by atoms with E-state index in [9.17, 15) is 8.60 Å². The molecule has 1 rings (SSSR count). The van der Waals surface area contributed by atoms with Gasteiger partial charge in [0.15, 0.2) is 0 Å². The highest BCUT2D eigenvalue weighted by molar-refractivity contribution is 7.84. The lowest BCUT2D eigenvalue weighted by Crippen LogP contribution is -2.30. The fourth-order valence-corrected chi connectivity index (χ4v) is 2.39. The van der Waals surface area contributed by atoms with Crippen LogP contribution in [0.15, 0.2) is 24.3 Å². The Hall–Kier alpha value is -0.740. The first-order valence-electron chi connectivity index (χ1n) is 5.80. The maximum absolute atomic E-state index is 12.8. The van der Waals surface area contributed by atoms with Crippen LogP contribution in [0.25, 0.3) is 0 Å². The van der Waals surface area contributed by atoms with Gasteiger partial charge in [-0.15, -0.1) is 0 Å². The summed E-state index contributed by atoms with van der Waals surface area (Å²) in [4.78, 5) is 0. The molecule has 17 heavy (non-hydrogen) atoms. The molecule has 0 aliphatic rings. The maximum atomic E-state index is 12.8. The van der Waals surface area contributed by atoms with Crippen molar-refractivity contribution < 1.29 is 8.60 Å². The van der Waals surface area contributed by atoms with E-state index in [4.69, 9.17) is 0 Å². The normalized spacial score (nSPS) is 16.5. The van der Waals surface area contributed by atoms with Crippen LogP contribution < -0.4 is 5.32 Å². The highest BCUT2D eigenvalue weighted by Gasteiger charge is 2.09. The second-order valence-electron chi connectivity index (χ2n) is 4.41. The summed E-state index contributed by atoms with van der Waals surface area (Å²) in [5.41, 5.74) is 1.07. The molecule has 0 bridgehead atoms. The Balaban J connectivity index is 2.45. The van der Waals surface area contributed by atoms with Crippen LogP contribution in [0.5, 0.6) is 0 Å². The third kappa shape index (κ3) is 5.41. The van der Waals surface area contributed by atoms with Crippen LogP contribution in [0.1, 0.15) is 31.9 Å². The number of rotatable bonds is 6. The van der Waals surface area contributed by atoms with Gasteiger partial charge in [-0.3, -0.25) is 4.21 Å². The van der Waals surface area contributed by atoms with Gasteiger partial charge in [0.05, 0.1) is 0 Å². The molecule has 1 N–H and O–H groups in total. The fraction of sp³-hybridized carbons (Fsp3) is 0.538. The van der Waals surface area contributed by atoms with Crippen molar-refractivity contribution in [3.63, 3.8) is 0 Å². The van der Waals surface area contributed by atoms with E-state index in [1.165, 1.54) is 12.1 Å². The zero-order chi connectivity index (χ0) is 12.8. The second kappa shape index (κ2) is 6.87. The lowest BCUT2D eigenvalue weighted by atomic mass is 10.1. The lowest BCUT2D eigenvalue weighted by Gasteiger charge is -2.20. The number of hydrogen-bond acceptors (Lipinski definition) is 2. The summed E-state index contributed by atoms with van der Waals surface area (Å²) in [6.07, 6.45) is 2.60. The van der Waals surface area contributed by atoms with E-state index < -0.39 is 10.8 Å². The predicted molar refractivity (Wildman–Crippen MR) is 71.0 cm³/mol. The van der Waals surface area contributed by atoms with Gasteiger partial charge in [-0.25, -0.2) is 4.39 Å². The molecule has 0 saturated carbocycles. The standard InChI is InChI=1S/C13H20FNOS/c1-10(8-9-17(3)16)15-11(2)12-4-6-13(14)7-5-12/h4-7,10-11,15H,8-9H2,1-3H3. The van der Waals surface area contributed by atoms with Crippen molar-refractivity contribution in [1.82, 2.24) is 5.32 Å². The van der Waals surface area contributed by atoms with Crippen molar-refractivity contribution >= 4 is 10.8 Å². The predicted octanol–water partition coefficient (Wildman–Crippen LogP) is 2.63. The van der Waals surface area contributed by atoms with Gasteiger partial charge in [-0.2, -0.15) is 0 Å². The van der Waals surface area contributed by atoms with Crippen molar-refractivity contribution in [3.05, 3.63) is 35.6 Å². The fourth-order valence-electron chi connectivity index (χ4n) is 1.70. The highest BCUT2D eigenvalue weighted by atomic mass is 32.2. The van der Waals surface area contributed by atoms with E-state index in [0.717, 1.165) is 12.0 Å². The Labute approximate surface area is 105 Å². The summed E-state index contributed by atoms with van der Waals surface area (Å²) in [5.74, 6) is 0.500. The maximum Gasteiger partial charge on any atom is 0.123 e. The zero-order valence-corrected chi connectivity index (χ0v) is 11.4. The molecule has 1 aromatic rings. The molecule has 0 aliphatic heterocycles. The summed E-state index contributed by atoms with van der Waals surface area (Å²) in [5, 5.41) is 3.41. The first-order chi connectivity index (χ1) is 7.99. The van der Waals surface area contributed by atoms with Crippen LogP contribution in [0.2, 0.25) is 0 Å². The van der Waals surface area contributed by atoms with E-state index in [1.54, 1.807) is 18.4 Å². The van der Waals surface area contributed by atoms with Gasteiger partial charge in [-0.1, -0.05) is 12.1 Å². The van der Waals surface area contributed by atoms with E-state index >= 15 is 0 Å². The van der Waals surface area contributed by atoms with Crippen LogP contribution >= 0.6 is 0 Å². The third-order valence-electron chi connectivity index (χ3n) is 2.74. The SMILES string of the molecule is CC(CCS(C)=O)NC(C)c1ccc(F)cc1. The lowest BCUT2D eigenvalue weighted by molar-refractivity contribution is 0.470. The van der Waals surface area contributed by atoms with E-state index in [-0.39, 0.29) is 11.9 Å². The molecule has 96 valence electrons. The summed E-state index contributed by atoms with van der Waals surface area (Å²) in [7, 11) is -0.738. The van der Waals surface area contributed by atoms with Gasteiger partial charge in [0.1, 0.15) is 5.82 Å². The topological polar surface area (TPSA) is 29.1 Å². The van der Waals surface area contributed by atoms with Gasteiger partial charge >= 0.3 is 0 Å². The van der Waals surface area contributed by atoms with Crippen LogP contribution in [0, 0.1) is 5.82 Å². The molecule has 0 heterocycles. The number of hydrogen-bond donors (Lipinski definition) is 1. The molecular formula is C13H20FNOS. The minimum atomic E-state index is -0.738. The Morgan fingerprint density at radius 2 is 1.88 bits per heavy atom. The third-order valence-corrected chi connectivity index (χ3v) is 3.55. The van der Waals surface area contributed by atoms with Gasteiger partial charge < -0.3 is 5.32 Å². The molecule has 0 fully saturated rings. The molecule has 0 aromatic heterocycles. The average molecular weight is 257 g/mol. The van der Waals surface area contributed by atoms with Gasteiger partial charge in [-0.05, 0) is 38.0 Å². The summed E-state index contributed by atoms with van der Waals surface area (Å²) in [6.45, 7) is 4.12. The molecule has 0 aliphatic carbocycles. The molecule has 0 amide bonds. The van der Waals surface area contributed by atoms with Crippen molar-refractivity contribution in [2.24, 2.45) is 0 Å². The Bertz CT molecular complexity index is 366. The Morgan fingerprint density at radius 1 is 1.29 bits per heavy atom. The molecule has 0 radical (unpaired) electrons. The summed E-state index contributed by atoms with van der Waals surface area (Å²) >= 11 is 0. The molecule has 0 saturated heterocycles. The van der Waals surface area contributed by atoms with Gasteiger partial charge in [0.25, 0.3) is 0 Å². The Morgan fingerprint density at radius 3 is 2.41 bits per heavy atom. The molecule has 2 nitrogen and oxygen atoms in total. The molecular weight excluding hydrogens is 237 g/mol. The monoisotopic (exact) mass is 257 g/mol. The minimum absolute atomic E-state index is 0.177. The van der Waals surface area contributed by atoms with Crippen molar-refractivity contribution in [2.75, 3.05) is 12.0 Å². The first-order valence-corrected chi connectivity index (χ1v) is 7.53. The Kier molecular flexibility index (Phi) is 5.78. The van der Waals surface area contributed by atoms with Crippen LogP contribution in [0.3, 0.4) is 0 Å². The largest absolute Gasteiger partial charge is 0.308 e. The van der Waals surface area contributed by atoms with Crippen LogP contribution in [0.4, 0.5) is 4.39 Å². The molecule has 4 heteroatoms. The van der Waals surface area contributed by atoms with Crippen LogP contribution in [-0.4, -0.2) is 22.3 Å².